The van der Waals surface area contributed by atoms with E-state index in [2.05, 4.69) is 11.1 Å². The third-order valence-electron chi connectivity index (χ3n) is 5.49. The predicted octanol–water partition coefficient (Wildman–Crippen LogP) is 3.11. The monoisotopic (exact) mass is 425 g/mol. The van der Waals surface area contributed by atoms with Crippen LogP contribution in [0.2, 0.25) is 0 Å². The quantitative estimate of drug-likeness (QED) is 0.541. The number of benzene rings is 2. The fourth-order valence-corrected chi connectivity index (χ4v) is 3.75. The molecule has 5 rings (SSSR count). The maximum atomic E-state index is 12.7. The van der Waals surface area contributed by atoms with E-state index in [4.69, 9.17) is 15.1 Å². The molecule has 1 amide bonds. The van der Waals surface area contributed by atoms with E-state index >= 15 is 0 Å². The molecule has 1 aliphatic rings. The highest BCUT2D eigenvalue weighted by Gasteiger charge is 2.21. The lowest BCUT2D eigenvalue weighted by atomic mass is 10.1. The molecule has 4 aromatic rings. The second-order valence-electron chi connectivity index (χ2n) is 7.46. The summed E-state index contributed by atoms with van der Waals surface area (Å²) in [5.74, 6) is -0.294. The Morgan fingerprint density at radius 3 is 2.50 bits per heavy atom. The van der Waals surface area contributed by atoms with Crippen molar-refractivity contribution in [2.24, 2.45) is 0 Å². The van der Waals surface area contributed by atoms with Crippen LogP contribution in [0.4, 0.5) is 0 Å². The number of fused-ring (bicyclic) bond motifs is 1. The van der Waals surface area contributed by atoms with E-state index in [1.54, 1.807) is 45.9 Å². The van der Waals surface area contributed by atoms with Crippen LogP contribution in [-0.2, 0) is 4.74 Å². The third kappa shape index (κ3) is 3.55. The molecule has 3 heterocycles. The van der Waals surface area contributed by atoms with Gasteiger partial charge in [-0.25, -0.2) is 9.50 Å². The Labute approximate surface area is 183 Å². The third-order valence-corrected chi connectivity index (χ3v) is 5.49. The van der Waals surface area contributed by atoms with Gasteiger partial charge in [-0.1, -0.05) is 18.2 Å². The Balaban J connectivity index is 1.48. The van der Waals surface area contributed by atoms with Gasteiger partial charge in [0.15, 0.2) is 5.65 Å². The highest BCUT2D eigenvalue weighted by Crippen LogP contribution is 2.28. The number of phenolic OH excluding ortho intramolecular Hbond substituents is 1. The normalized spacial score (nSPS) is 13.8. The number of aromatic hydroxyl groups is 1. The fraction of sp³-hybridized carbons (Fsp3) is 0.167. The van der Waals surface area contributed by atoms with Gasteiger partial charge in [0.25, 0.3) is 5.91 Å². The van der Waals surface area contributed by atoms with Crippen molar-refractivity contribution in [2.45, 2.75) is 0 Å². The molecule has 158 valence electrons. The molecule has 0 unspecified atom stereocenters. The van der Waals surface area contributed by atoms with Crippen molar-refractivity contribution in [3.63, 3.8) is 0 Å². The molecule has 0 spiro atoms. The molecule has 1 saturated heterocycles. The standard InChI is InChI=1S/C24H19N5O3/c25-14-16-1-3-17(4-2-16)21-15-26-23-8-7-20(27-29(21)23)18-5-6-19(22(30)13-18)24(31)28-9-11-32-12-10-28/h1-8,13,15,30H,9-12H2. The fourth-order valence-electron chi connectivity index (χ4n) is 3.75. The Morgan fingerprint density at radius 2 is 1.78 bits per heavy atom. The Morgan fingerprint density at radius 1 is 1.03 bits per heavy atom. The van der Waals surface area contributed by atoms with E-state index in [0.717, 1.165) is 11.3 Å². The zero-order valence-electron chi connectivity index (χ0n) is 17.1. The van der Waals surface area contributed by atoms with Gasteiger partial charge in [0.1, 0.15) is 5.75 Å². The van der Waals surface area contributed by atoms with E-state index in [0.29, 0.717) is 48.8 Å². The zero-order valence-corrected chi connectivity index (χ0v) is 17.1. The lowest BCUT2D eigenvalue weighted by molar-refractivity contribution is 0.0301. The smallest absolute Gasteiger partial charge is 0.257 e. The highest BCUT2D eigenvalue weighted by atomic mass is 16.5. The van der Waals surface area contributed by atoms with Crippen molar-refractivity contribution in [3.8, 4) is 34.3 Å². The Hall–Kier alpha value is -4.22. The molecule has 0 aliphatic carbocycles. The molecule has 1 aliphatic heterocycles. The molecule has 1 fully saturated rings. The molecule has 0 bridgehead atoms. The van der Waals surface area contributed by atoms with Crippen molar-refractivity contribution >= 4 is 11.6 Å². The maximum absolute atomic E-state index is 12.7. The first kappa shape index (κ1) is 19.7. The SMILES string of the molecule is N#Cc1ccc(-c2cnc3ccc(-c4ccc(C(=O)N5CCOCC5)c(O)c4)nn23)cc1. The van der Waals surface area contributed by atoms with Crippen molar-refractivity contribution < 1.29 is 14.6 Å². The summed E-state index contributed by atoms with van der Waals surface area (Å²) in [5.41, 5.74) is 4.51. The summed E-state index contributed by atoms with van der Waals surface area (Å²) in [5, 5.41) is 24.3. The van der Waals surface area contributed by atoms with Crippen molar-refractivity contribution in [3.05, 3.63) is 71.9 Å². The van der Waals surface area contributed by atoms with E-state index in [1.165, 1.54) is 0 Å². The number of hydrogen-bond acceptors (Lipinski definition) is 6. The topological polar surface area (TPSA) is 104 Å². The molecular weight excluding hydrogens is 406 g/mol. The minimum absolute atomic E-state index is 0.0844. The lowest BCUT2D eigenvalue weighted by Gasteiger charge is -2.27. The number of amides is 1. The van der Waals surface area contributed by atoms with E-state index in [1.807, 2.05) is 24.3 Å². The largest absolute Gasteiger partial charge is 0.507 e. The minimum Gasteiger partial charge on any atom is -0.507 e. The Bertz CT molecular complexity index is 1350. The summed E-state index contributed by atoms with van der Waals surface area (Å²) in [6.07, 6.45) is 1.73. The number of ether oxygens (including phenoxy) is 1. The van der Waals surface area contributed by atoms with Crippen LogP contribution in [-0.4, -0.2) is 56.8 Å². The van der Waals surface area contributed by atoms with Gasteiger partial charge in [0.2, 0.25) is 0 Å². The van der Waals surface area contributed by atoms with Crippen LogP contribution in [0.5, 0.6) is 5.75 Å². The second kappa shape index (κ2) is 8.13. The molecule has 1 N–H and O–H groups in total. The summed E-state index contributed by atoms with van der Waals surface area (Å²) in [6.45, 7) is 2.02. The summed E-state index contributed by atoms with van der Waals surface area (Å²) < 4.78 is 7.01. The molecule has 0 radical (unpaired) electrons. The summed E-state index contributed by atoms with van der Waals surface area (Å²) in [6, 6.07) is 18.0. The molecule has 2 aromatic carbocycles. The van der Waals surface area contributed by atoms with Crippen LogP contribution < -0.4 is 0 Å². The van der Waals surface area contributed by atoms with Gasteiger partial charge < -0.3 is 14.7 Å². The molecule has 8 heteroatoms. The number of carbonyl (C=O) groups is 1. The highest BCUT2D eigenvalue weighted by molar-refractivity contribution is 5.97. The van der Waals surface area contributed by atoms with Crippen LogP contribution >= 0.6 is 0 Å². The zero-order chi connectivity index (χ0) is 22.1. The van der Waals surface area contributed by atoms with Gasteiger partial charge in [0.05, 0.1) is 48.0 Å². The molecular formula is C24H19N5O3. The summed E-state index contributed by atoms with van der Waals surface area (Å²) in [4.78, 5) is 18.8. The predicted molar refractivity (Wildman–Crippen MR) is 117 cm³/mol. The molecule has 32 heavy (non-hydrogen) atoms. The van der Waals surface area contributed by atoms with Crippen LogP contribution in [0.3, 0.4) is 0 Å². The van der Waals surface area contributed by atoms with Crippen LogP contribution in [0.15, 0.2) is 60.8 Å². The molecule has 0 saturated carbocycles. The van der Waals surface area contributed by atoms with Crippen molar-refractivity contribution in [1.29, 1.82) is 5.26 Å². The lowest BCUT2D eigenvalue weighted by Crippen LogP contribution is -2.40. The van der Waals surface area contributed by atoms with E-state index in [9.17, 15) is 9.90 Å². The van der Waals surface area contributed by atoms with Crippen LogP contribution in [0, 0.1) is 11.3 Å². The van der Waals surface area contributed by atoms with Crippen molar-refractivity contribution in [1.82, 2.24) is 19.5 Å². The number of carbonyl (C=O) groups excluding carboxylic acids is 1. The second-order valence-corrected chi connectivity index (χ2v) is 7.46. The first-order valence-electron chi connectivity index (χ1n) is 10.2. The van der Waals surface area contributed by atoms with Crippen LogP contribution in [0.1, 0.15) is 15.9 Å². The first-order chi connectivity index (χ1) is 15.6. The van der Waals surface area contributed by atoms with E-state index in [-0.39, 0.29) is 17.2 Å². The van der Waals surface area contributed by atoms with Gasteiger partial charge >= 0.3 is 0 Å². The van der Waals surface area contributed by atoms with Gasteiger partial charge in [-0.05, 0) is 36.4 Å². The van der Waals surface area contributed by atoms with Crippen molar-refractivity contribution in [2.75, 3.05) is 26.3 Å². The number of aromatic nitrogens is 3. The summed E-state index contributed by atoms with van der Waals surface area (Å²) in [7, 11) is 0. The Kier molecular flexibility index (Phi) is 5.01. The number of imidazole rings is 1. The average Bonchev–Trinajstić information content (AvgIpc) is 3.27. The minimum atomic E-state index is -0.210. The van der Waals surface area contributed by atoms with Gasteiger partial charge in [-0.15, -0.1) is 0 Å². The van der Waals surface area contributed by atoms with Gasteiger partial charge in [-0.2, -0.15) is 10.4 Å². The van der Waals surface area contributed by atoms with Gasteiger partial charge in [-0.3, -0.25) is 4.79 Å². The number of hydrogen-bond donors (Lipinski definition) is 1. The molecule has 0 atom stereocenters. The number of phenols is 1. The van der Waals surface area contributed by atoms with E-state index < -0.39 is 0 Å². The first-order valence-corrected chi connectivity index (χ1v) is 10.2. The van der Waals surface area contributed by atoms with Gasteiger partial charge in [0, 0.05) is 24.2 Å². The number of morpholine rings is 1. The average molecular weight is 425 g/mol. The van der Waals surface area contributed by atoms with Crippen LogP contribution in [0.25, 0.3) is 28.2 Å². The number of rotatable bonds is 3. The maximum Gasteiger partial charge on any atom is 0.257 e. The molecule has 8 nitrogen and oxygen atoms in total. The molecule has 2 aromatic heterocycles. The number of nitriles is 1. The summed E-state index contributed by atoms with van der Waals surface area (Å²) >= 11 is 0. The number of nitrogens with zero attached hydrogens (tertiary/aromatic N) is 5.